The first-order valence-corrected chi connectivity index (χ1v) is 11.2. The SMILES string of the molecule is O=C([O-])CN(CCN(CCN(CC(=O)[O-])CC(=O)NCCCN1C(=O)C=CC1=O)CC(=O)O)CC(=O)O. The van der Waals surface area contributed by atoms with Gasteiger partial charge in [0.05, 0.1) is 31.6 Å². The molecular formula is C21H29N5O11-2. The summed E-state index contributed by atoms with van der Waals surface area (Å²) < 4.78 is 0. The van der Waals surface area contributed by atoms with E-state index in [-0.39, 0.29) is 52.2 Å². The number of carboxylic acid groups (broad SMARTS) is 4. The van der Waals surface area contributed by atoms with Crippen molar-refractivity contribution in [1.82, 2.24) is 24.9 Å². The van der Waals surface area contributed by atoms with E-state index >= 15 is 0 Å². The number of carboxylic acids is 4. The molecule has 0 atom stereocenters. The van der Waals surface area contributed by atoms with Crippen molar-refractivity contribution in [3.63, 3.8) is 0 Å². The number of hydrogen-bond donors (Lipinski definition) is 3. The molecule has 16 nitrogen and oxygen atoms in total. The van der Waals surface area contributed by atoms with Crippen molar-refractivity contribution in [2.45, 2.75) is 6.42 Å². The first kappa shape index (κ1) is 31.1. The highest BCUT2D eigenvalue weighted by Crippen LogP contribution is 2.03. The lowest BCUT2D eigenvalue weighted by Gasteiger charge is -2.29. The molecule has 0 saturated carbocycles. The molecule has 3 N–H and O–H groups in total. The largest absolute Gasteiger partial charge is 0.549 e. The van der Waals surface area contributed by atoms with Crippen molar-refractivity contribution in [3.8, 4) is 0 Å². The van der Waals surface area contributed by atoms with Gasteiger partial charge in [-0.15, -0.1) is 0 Å². The van der Waals surface area contributed by atoms with Crippen molar-refractivity contribution < 1.29 is 54.0 Å². The average molecular weight is 527 g/mol. The summed E-state index contributed by atoms with van der Waals surface area (Å²) in [5.74, 6) is -6.94. The van der Waals surface area contributed by atoms with Gasteiger partial charge in [0.1, 0.15) is 0 Å². The van der Waals surface area contributed by atoms with Crippen molar-refractivity contribution in [3.05, 3.63) is 12.2 Å². The molecule has 0 aliphatic carbocycles. The quantitative estimate of drug-likeness (QED) is 0.0988. The molecule has 0 aromatic heterocycles. The van der Waals surface area contributed by atoms with E-state index < -0.39 is 67.8 Å². The zero-order valence-electron chi connectivity index (χ0n) is 20.0. The number of amides is 3. The van der Waals surface area contributed by atoms with Gasteiger partial charge in [-0.3, -0.25) is 43.6 Å². The summed E-state index contributed by atoms with van der Waals surface area (Å²) in [6.07, 6.45) is 2.55. The van der Waals surface area contributed by atoms with E-state index in [0.717, 1.165) is 22.0 Å². The standard InChI is InChI=1S/C21H31N5O11/c27-15(22-4-1-5-26-16(28)2-3-17(26)29)10-24(12-19(32)33)8-6-23(11-18(30)31)7-9-25(13-20(34)35)14-21(36)37/h2-3H,1,4-14H2,(H,22,27)(H,30,31)(H,32,33)(H,34,35)(H,36,37)/p-2. The summed E-state index contributed by atoms with van der Waals surface area (Å²) in [7, 11) is 0. The molecule has 1 rings (SSSR count). The Hall–Kier alpha value is -3.89. The highest BCUT2D eigenvalue weighted by atomic mass is 16.4. The molecule has 0 unspecified atom stereocenters. The van der Waals surface area contributed by atoms with Gasteiger partial charge < -0.3 is 35.3 Å². The maximum absolute atomic E-state index is 12.2. The molecule has 16 heteroatoms. The molecule has 1 aliphatic rings. The van der Waals surface area contributed by atoms with Crippen molar-refractivity contribution in [1.29, 1.82) is 0 Å². The first-order valence-electron chi connectivity index (χ1n) is 11.2. The van der Waals surface area contributed by atoms with Crippen LogP contribution in [0.4, 0.5) is 0 Å². The number of carbonyl (C=O) groups is 7. The summed E-state index contributed by atoms with van der Waals surface area (Å²) >= 11 is 0. The summed E-state index contributed by atoms with van der Waals surface area (Å²) in [6.45, 7) is -2.87. The van der Waals surface area contributed by atoms with Crippen LogP contribution in [0.3, 0.4) is 0 Å². The van der Waals surface area contributed by atoms with E-state index in [2.05, 4.69) is 5.32 Å². The van der Waals surface area contributed by atoms with Gasteiger partial charge >= 0.3 is 11.9 Å². The molecule has 0 aromatic carbocycles. The van der Waals surface area contributed by atoms with E-state index in [1.807, 2.05) is 0 Å². The van der Waals surface area contributed by atoms with Crippen LogP contribution < -0.4 is 15.5 Å². The molecule has 0 fully saturated rings. The van der Waals surface area contributed by atoms with Crippen LogP contribution in [0.25, 0.3) is 0 Å². The monoisotopic (exact) mass is 527 g/mol. The molecule has 0 bridgehead atoms. The normalized spacial score (nSPS) is 13.1. The fraction of sp³-hybridized carbons (Fsp3) is 0.571. The van der Waals surface area contributed by atoms with Gasteiger partial charge in [-0.05, 0) is 6.42 Å². The Morgan fingerprint density at radius 2 is 1.16 bits per heavy atom. The predicted molar refractivity (Wildman–Crippen MR) is 118 cm³/mol. The van der Waals surface area contributed by atoms with Crippen LogP contribution in [-0.2, 0) is 33.6 Å². The Bertz CT molecular complexity index is 873. The zero-order valence-corrected chi connectivity index (χ0v) is 20.0. The number of rotatable bonds is 20. The van der Waals surface area contributed by atoms with Crippen LogP contribution in [0.5, 0.6) is 0 Å². The molecule has 0 aromatic rings. The number of imide groups is 1. The minimum Gasteiger partial charge on any atom is -0.549 e. The lowest BCUT2D eigenvalue weighted by Crippen LogP contribution is -2.48. The first-order chi connectivity index (χ1) is 17.4. The second-order valence-corrected chi connectivity index (χ2v) is 8.09. The van der Waals surface area contributed by atoms with E-state index in [4.69, 9.17) is 10.2 Å². The van der Waals surface area contributed by atoms with Gasteiger partial charge in [0.2, 0.25) is 5.91 Å². The maximum Gasteiger partial charge on any atom is 0.317 e. The smallest absolute Gasteiger partial charge is 0.317 e. The van der Waals surface area contributed by atoms with Gasteiger partial charge in [-0.1, -0.05) is 0 Å². The molecule has 1 heterocycles. The minimum atomic E-state index is -1.51. The molecule has 0 spiro atoms. The molecular weight excluding hydrogens is 498 g/mol. The highest BCUT2D eigenvalue weighted by Gasteiger charge is 2.22. The van der Waals surface area contributed by atoms with Crippen LogP contribution in [0.2, 0.25) is 0 Å². The van der Waals surface area contributed by atoms with Gasteiger partial charge in [-0.2, -0.15) is 0 Å². The Morgan fingerprint density at radius 1 is 0.730 bits per heavy atom. The summed E-state index contributed by atoms with van der Waals surface area (Å²) in [5.41, 5.74) is 0. The molecule has 3 amide bonds. The molecule has 0 saturated heterocycles. The van der Waals surface area contributed by atoms with Gasteiger partial charge in [0.25, 0.3) is 11.8 Å². The fourth-order valence-electron chi connectivity index (χ4n) is 3.39. The third kappa shape index (κ3) is 13.7. The van der Waals surface area contributed by atoms with Crippen LogP contribution in [-0.4, -0.2) is 143 Å². The van der Waals surface area contributed by atoms with Crippen LogP contribution in [0.1, 0.15) is 6.42 Å². The number of nitrogens with zero attached hydrogens (tertiary/aromatic N) is 4. The van der Waals surface area contributed by atoms with Crippen molar-refractivity contribution in [2.24, 2.45) is 0 Å². The number of aliphatic carboxylic acids is 4. The average Bonchev–Trinajstić information content (AvgIpc) is 3.08. The van der Waals surface area contributed by atoms with Crippen LogP contribution in [0.15, 0.2) is 12.2 Å². The van der Waals surface area contributed by atoms with E-state index in [1.54, 1.807) is 0 Å². The Balaban J connectivity index is 2.59. The van der Waals surface area contributed by atoms with Crippen LogP contribution >= 0.6 is 0 Å². The maximum atomic E-state index is 12.2. The number of nitrogens with one attached hydrogen (secondary N) is 1. The molecule has 1 aliphatic heterocycles. The third-order valence-corrected chi connectivity index (χ3v) is 5.04. The number of carbonyl (C=O) groups excluding carboxylic acids is 5. The van der Waals surface area contributed by atoms with Crippen LogP contribution in [0, 0.1) is 0 Å². The highest BCUT2D eigenvalue weighted by molar-refractivity contribution is 6.12. The second-order valence-electron chi connectivity index (χ2n) is 8.09. The lowest BCUT2D eigenvalue weighted by molar-refractivity contribution is -0.307. The van der Waals surface area contributed by atoms with Crippen molar-refractivity contribution in [2.75, 3.05) is 72.0 Å². The lowest BCUT2D eigenvalue weighted by atomic mass is 10.3. The Morgan fingerprint density at radius 3 is 1.62 bits per heavy atom. The Labute approximate surface area is 211 Å². The molecule has 206 valence electrons. The van der Waals surface area contributed by atoms with Crippen molar-refractivity contribution >= 4 is 41.6 Å². The predicted octanol–water partition coefficient (Wildman–Crippen LogP) is -6.01. The molecule has 0 radical (unpaired) electrons. The second kappa shape index (κ2) is 16.0. The zero-order chi connectivity index (χ0) is 28.0. The minimum absolute atomic E-state index is 0.0364. The van der Waals surface area contributed by atoms with E-state index in [1.165, 1.54) is 9.80 Å². The topological polar surface area (TPSA) is 231 Å². The van der Waals surface area contributed by atoms with Gasteiger partial charge in [-0.25, -0.2) is 0 Å². The summed E-state index contributed by atoms with van der Waals surface area (Å²) in [5, 5.41) is 42.5. The van der Waals surface area contributed by atoms with Gasteiger partial charge in [0, 0.05) is 64.5 Å². The Kier molecular flexibility index (Phi) is 13.4. The summed E-state index contributed by atoms with van der Waals surface area (Å²) in [4.78, 5) is 83.9. The number of hydrogen-bond acceptors (Lipinski definition) is 12. The third-order valence-electron chi connectivity index (χ3n) is 5.04. The fourth-order valence-corrected chi connectivity index (χ4v) is 3.39. The van der Waals surface area contributed by atoms with Gasteiger partial charge in [0.15, 0.2) is 0 Å². The molecule has 37 heavy (non-hydrogen) atoms. The van der Waals surface area contributed by atoms with E-state index in [9.17, 15) is 43.8 Å². The summed E-state index contributed by atoms with van der Waals surface area (Å²) in [6, 6.07) is 0. The van der Waals surface area contributed by atoms with E-state index in [0.29, 0.717) is 0 Å².